The number of nitrogens with one attached hydrogen (secondary N) is 1. The van der Waals surface area contributed by atoms with Crippen molar-refractivity contribution in [1.29, 1.82) is 0 Å². The second kappa shape index (κ2) is 13.9. The van der Waals surface area contributed by atoms with E-state index in [1.54, 1.807) is 35.4 Å². The number of pyridine rings is 1. The zero-order valence-corrected chi connectivity index (χ0v) is 26.0. The highest BCUT2D eigenvalue weighted by Gasteiger charge is 2.38. The lowest BCUT2D eigenvalue weighted by molar-refractivity contribution is -0.276. The third-order valence-corrected chi connectivity index (χ3v) is 8.82. The van der Waals surface area contributed by atoms with Gasteiger partial charge in [-0.1, -0.05) is 96.9 Å². The van der Waals surface area contributed by atoms with Crippen molar-refractivity contribution >= 4 is 29.1 Å². The highest BCUT2D eigenvalue weighted by atomic mass is 35.5. The second-order valence-corrected chi connectivity index (χ2v) is 11.8. The molecule has 0 spiro atoms. The third-order valence-electron chi connectivity index (χ3n) is 8.05. The van der Waals surface area contributed by atoms with E-state index in [1.165, 1.54) is 0 Å². The molecule has 1 aliphatic heterocycles. The highest BCUT2D eigenvalue weighted by Crippen LogP contribution is 2.42. The van der Waals surface area contributed by atoms with Gasteiger partial charge in [-0.15, -0.1) is 0 Å². The van der Waals surface area contributed by atoms with Crippen LogP contribution in [0.2, 0.25) is 10.3 Å². The van der Waals surface area contributed by atoms with E-state index >= 15 is 0 Å². The minimum absolute atomic E-state index is 0.0229. The summed E-state index contributed by atoms with van der Waals surface area (Å²) in [4.78, 5) is 20.6. The third kappa shape index (κ3) is 7.11. The molecular weight excluding hydrogens is 611 g/mol. The maximum absolute atomic E-state index is 12.5. The average molecular weight is 644 g/mol. The van der Waals surface area contributed by atoms with Gasteiger partial charge in [-0.3, -0.25) is 9.78 Å². The molecule has 230 valence electrons. The summed E-state index contributed by atoms with van der Waals surface area (Å²) in [5, 5.41) is 13.1. The van der Waals surface area contributed by atoms with Crippen molar-refractivity contribution in [2.24, 2.45) is 5.92 Å². The predicted octanol–water partition coefficient (Wildman–Crippen LogP) is 7.17. The smallest absolute Gasteiger partial charge is 0.253 e. The van der Waals surface area contributed by atoms with Gasteiger partial charge in [-0.05, 0) is 46.0 Å². The van der Waals surface area contributed by atoms with E-state index in [0.29, 0.717) is 23.8 Å². The fourth-order valence-corrected chi connectivity index (χ4v) is 5.78. The Hall–Kier alpha value is -4.05. The maximum atomic E-state index is 12.5. The van der Waals surface area contributed by atoms with E-state index < -0.39 is 6.29 Å². The number of aliphatic hydroxyl groups is 1. The Morgan fingerprint density at radius 2 is 1.71 bits per heavy atom. The molecule has 0 saturated carbocycles. The quantitative estimate of drug-likeness (QED) is 0.177. The van der Waals surface area contributed by atoms with Crippen molar-refractivity contribution in [2.45, 2.75) is 45.1 Å². The monoisotopic (exact) mass is 642 g/mol. The van der Waals surface area contributed by atoms with Crippen LogP contribution in [0.15, 0.2) is 104 Å². The number of benzene rings is 3. The van der Waals surface area contributed by atoms with Crippen molar-refractivity contribution < 1.29 is 19.4 Å². The molecule has 2 N–H and O–H groups in total. The summed E-state index contributed by atoms with van der Waals surface area (Å²) in [6, 6.07) is 27.4. The van der Waals surface area contributed by atoms with Gasteiger partial charge in [0.25, 0.3) is 5.91 Å². The van der Waals surface area contributed by atoms with E-state index in [1.807, 2.05) is 66.7 Å². The minimum atomic E-state index is -0.630. The van der Waals surface area contributed by atoms with Gasteiger partial charge in [-0.25, -0.2) is 4.98 Å². The number of rotatable bonds is 9. The van der Waals surface area contributed by atoms with Gasteiger partial charge in [0.1, 0.15) is 5.15 Å². The fraction of sp³-hybridized carbons (Fsp3) is 0.229. The van der Waals surface area contributed by atoms with Crippen LogP contribution >= 0.6 is 23.2 Å². The number of aliphatic hydroxyl groups excluding tert-OH is 1. The fourth-order valence-electron chi connectivity index (χ4n) is 5.47. The second-order valence-electron chi connectivity index (χ2n) is 11.0. The van der Waals surface area contributed by atoms with Crippen LogP contribution in [-0.4, -0.2) is 31.7 Å². The molecule has 10 heteroatoms. The molecule has 6 rings (SSSR count). The molecule has 0 bridgehead atoms. The molecule has 45 heavy (non-hydrogen) atoms. The topological polar surface area (TPSA) is 98.5 Å². The lowest BCUT2D eigenvalue weighted by atomic mass is 9.90. The van der Waals surface area contributed by atoms with E-state index in [4.69, 9.17) is 32.7 Å². The van der Waals surface area contributed by atoms with E-state index in [0.717, 1.165) is 33.4 Å². The van der Waals surface area contributed by atoms with Crippen LogP contribution in [0.25, 0.3) is 11.1 Å². The van der Waals surface area contributed by atoms with Gasteiger partial charge in [0, 0.05) is 30.4 Å². The minimum Gasteiger partial charge on any atom is -0.392 e. The number of halogens is 2. The molecule has 1 amide bonds. The van der Waals surface area contributed by atoms with Gasteiger partial charge in [0.15, 0.2) is 11.4 Å². The first-order valence-corrected chi connectivity index (χ1v) is 15.4. The first kappa shape index (κ1) is 31.0. The first-order chi connectivity index (χ1) is 21.9. The first-order valence-electron chi connectivity index (χ1n) is 14.6. The summed E-state index contributed by atoms with van der Waals surface area (Å²) in [7, 11) is 0. The number of carbonyl (C=O) groups is 1. The SMILES string of the molecule is C[C@H]1[C@@H](Cn2cnc(Cl)c2Cl)O[C@@H](c2ccc(-c3cccc(CNC(=O)c4cccnc4)c3)cc2)O[C@H]1c1ccc(CO)cc1. The van der Waals surface area contributed by atoms with Crippen molar-refractivity contribution in [3.63, 3.8) is 0 Å². The molecule has 3 aromatic carbocycles. The molecule has 1 aliphatic rings. The Labute approximate surface area is 271 Å². The average Bonchev–Trinajstić information content (AvgIpc) is 3.41. The molecule has 0 radical (unpaired) electrons. The summed E-state index contributed by atoms with van der Waals surface area (Å²) in [6.45, 7) is 2.92. The Kier molecular flexibility index (Phi) is 9.59. The molecule has 2 aromatic heterocycles. The molecule has 5 aromatic rings. The molecule has 3 heterocycles. The lowest BCUT2D eigenvalue weighted by Crippen LogP contribution is -2.39. The van der Waals surface area contributed by atoms with Crippen LogP contribution in [0, 0.1) is 5.92 Å². The van der Waals surface area contributed by atoms with Crippen molar-refractivity contribution in [2.75, 3.05) is 0 Å². The zero-order chi connectivity index (χ0) is 31.3. The van der Waals surface area contributed by atoms with Gasteiger partial charge in [-0.2, -0.15) is 0 Å². The molecule has 4 atom stereocenters. The molecule has 8 nitrogen and oxygen atoms in total. The van der Waals surface area contributed by atoms with Crippen molar-refractivity contribution in [1.82, 2.24) is 19.9 Å². The van der Waals surface area contributed by atoms with E-state index in [9.17, 15) is 9.90 Å². The van der Waals surface area contributed by atoms with Crippen LogP contribution < -0.4 is 5.32 Å². The Morgan fingerprint density at radius 3 is 2.40 bits per heavy atom. The number of hydrogen-bond acceptors (Lipinski definition) is 6. The van der Waals surface area contributed by atoms with Gasteiger partial charge in [0.05, 0.1) is 37.3 Å². The number of imidazole rings is 1. The maximum Gasteiger partial charge on any atom is 0.253 e. The normalized spacial score (nSPS) is 19.7. The molecular formula is C35H32Cl2N4O4. The van der Waals surface area contributed by atoms with Crippen molar-refractivity contribution in [3.05, 3.63) is 142 Å². The molecule has 0 unspecified atom stereocenters. The predicted molar refractivity (Wildman–Crippen MR) is 173 cm³/mol. The van der Waals surface area contributed by atoms with Crippen LogP contribution in [0.4, 0.5) is 0 Å². The van der Waals surface area contributed by atoms with Crippen LogP contribution in [0.1, 0.15) is 51.9 Å². The van der Waals surface area contributed by atoms with Crippen LogP contribution in [-0.2, 0) is 29.2 Å². The van der Waals surface area contributed by atoms with Gasteiger partial charge < -0.3 is 24.5 Å². The summed E-state index contributed by atoms with van der Waals surface area (Å²) in [6.07, 6.45) is 3.65. The summed E-state index contributed by atoms with van der Waals surface area (Å²) >= 11 is 12.5. The molecule has 1 saturated heterocycles. The van der Waals surface area contributed by atoms with Gasteiger partial charge in [0.2, 0.25) is 0 Å². The van der Waals surface area contributed by atoms with Crippen molar-refractivity contribution in [3.8, 4) is 11.1 Å². The standard InChI is InChI=1S/C35H32Cl2N4O4/c1-22-30(19-41-21-40-32(36)33(41)37)44-35(45-31(22)26-9-7-23(20-42)8-10-26)27-13-11-25(12-14-27)28-5-2-4-24(16-28)17-39-34(43)29-6-3-15-38-18-29/h2-16,18,21-22,30-31,35,42H,17,19-20H2,1H3,(H,39,43)/t22-,30+,31+,35+/m0/s1. The Morgan fingerprint density at radius 1 is 0.933 bits per heavy atom. The molecule has 1 fully saturated rings. The summed E-state index contributed by atoms with van der Waals surface area (Å²) < 4.78 is 14.9. The number of amides is 1. The number of nitrogens with zero attached hydrogens (tertiary/aromatic N) is 3. The van der Waals surface area contributed by atoms with Gasteiger partial charge >= 0.3 is 0 Å². The Balaban J connectivity index is 1.20. The number of ether oxygens (including phenoxy) is 2. The Bertz CT molecular complexity index is 1750. The summed E-state index contributed by atoms with van der Waals surface area (Å²) in [5.41, 5.74) is 6.27. The van der Waals surface area contributed by atoms with Crippen LogP contribution in [0.3, 0.4) is 0 Å². The highest BCUT2D eigenvalue weighted by molar-refractivity contribution is 6.40. The number of carbonyl (C=O) groups excluding carboxylic acids is 1. The number of hydrogen-bond donors (Lipinski definition) is 2. The van der Waals surface area contributed by atoms with E-state index in [2.05, 4.69) is 28.3 Å². The van der Waals surface area contributed by atoms with Crippen LogP contribution in [0.5, 0.6) is 0 Å². The zero-order valence-electron chi connectivity index (χ0n) is 24.5. The largest absolute Gasteiger partial charge is 0.392 e. The molecule has 0 aliphatic carbocycles. The number of aromatic nitrogens is 3. The lowest BCUT2D eigenvalue weighted by Gasteiger charge is -2.41. The summed E-state index contributed by atoms with van der Waals surface area (Å²) in [5.74, 6) is -0.196. The van der Waals surface area contributed by atoms with E-state index in [-0.39, 0.29) is 35.8 Å².